The minimum absolute atomic E-state index is 0.115. The van der Waals surface area contributed by atoms with Gasteiger partial charge in [-0.1, -0.05) is 0 Å². The average Bonchev–Trinajstić information content (AvgIpc) is 2.53. The Hall–Kier alpha value is -1.62. The minimum Gasteiger partial charge on any atom is -0.378 e. The van der Waals surface area contributed by atoms with Crippen LogP contribution in [0.3, 0.4) is 0 Å². The van der Waals surface area contributed by atoms with E-state index < -0.39 is 0 Å². The number of fused-ring (bicyclic) bond motifs is 1. The van der Waals surface area contributed by atoms with Gasteiger partial charge in [0.15, 0.2) is 0 Å². The number of carbonyl (C=O) groups excluding carboxylic acids is 1. The number of hydrogen-bond donors (Lipinski definition) is 0. The van der Waals surface area contributed by atoms with Gasteiger partial charge >= 0.3 is 0 Å². The lowest BCUT2D eigenvalue weighted by atomic mass is 9.88. The predicted molar refractivity (Wildman–Crippen MR) is 81.5 cm³/mol. The van der Waals surface area contributed by atoms with Gasteiger partial charge in [0.1, 0.15) is 5.82 Å². The smallest absolute Gasteiger partial charge is 0.254 e. The van der Waals surface area contributed by atoms with Crippen molar-refractivity contribution < 1.29 is 9.53 Å². The second-order valence-electron chi connectivity index (χ2n) is 6.15. The highest BCUT2D eigenvalue weighted by molar-refractivity contribution is 5.94. The molecule has 1 amide bonds. The van der Waals surface area contributed by atoms with Gasteiger partial charge in [-0.25, -0.2) is 4.98 Å². The number of nitrogens with zero attached hydrogens (tertiary/aromatic N) is 3. The zero-order chi connectivity index (χ0) is 14.8. The minimum atomic E-state index is 0.115. The Balaban J connectivity index is 1.72. The van der Waals surface area contributed by atoms with Crippen molar-refractivity contribution in [2.45, 2.75) is 25.4 Å². The van der Waals surface area contributed by atoms with E-state index in [1.54, 1.807) is 12.3 Å². The summed E-state index contributed by atoms with van der Waals surface area (Å²) in [6.07, 6.45) is 5.32. The fourth-order valence-electron chi connectivity index (χ4n) is 3.25. The molecule has 0 bridgehead atoms. The maximum Gasteiger partial charge on any atom is 0.254 e. The van der Waals surface area contributed by atoms with Gasteiger partial charge < -0.3 is 14.5 Å². The Kier molecular flexibility index (Phi) is 4.10. The molecule has 3 rings (SSSR count). The fourth-order valence-corrected chi connectivity index (χ4v) is 3.25. The summed E-state index contributed by atoms with van der Waals surface area (Å²) < 4.78 is 5.81. The third-order valence-corrected chi connectivity index (χ3v) is 4.45. The summed E-state index contributed by atoms with van der Waals surface area (Å²) in [6, 6.07) is 3.67. The molecule has 21 heavy (non-hydrogen) atoms. The highest BCUT2D eigenvalue weighted by Crippen LogP contribution is 2.29. The van der Waals surface area contributed by atoms with Crippen LogP contribution in [0.5, 0.6) is 0 Å². The molecule has 2 aliphatic heterocycles. The summed E-state index contributed by atoms with van der Waals surface area (Å²) in [4.78, 5) is 20.8. The lowest BCUT2D eigenvalue weighted by molar-refractivity contribution is -0.0606. The molecule has 2 atom stereocenters. The van der Waals surface area contributed by atoms with Crippen LogP contribution in [-0.4, -0.2) is 55.7 Å². The molecule has 2 fully saturated rings. The third-order valence-electron chi connectivity index (χ3n) is 4.45. The topological polar surface area (TPSA) is 45.7 Å². The molecule has 3 heterocycles. The zero-order valence-electron chi connectivity index (χ0n) is 12.8. The molecule has 2 saturated heterocycles. The number of rotatable bonds is 2. The van der Waals surface area contributed by atoms with E-state index in [0.29, 0.717) is 12.0 Å². The van der Waals surface area contributed by atoms with Crippen LogP contribution in [0.2, 0.25) is 0 Å². The molecule has 2 aliphatic rings. The van der Waals surface area contributed by atoms with E-state index in [1.807, 2.05) is 30.0 Å². The van der Waals surface area contributed by atoms with Crippen LogP contribution >= 0.6 is 0 Å². The lowest BCUT2D eigenvalue weighted by Crippen LogP contribution is -2.48. The van der Waals surface area contributed by atoms with Crippen molar-refractivity contribution in [2.75, 3.05) is 38.7 Å². The molecular formula is C16H23N3O2. The van der Waals surface area contributed by atoms with Crippen LogP contribution in [-0.2, 0) is 4.74 Å². The summed E-state index contributed by atoms with van der Waals surface area (Å²) >= 11 is 0. The number of aromatic nitrogens is 1. The van der Waals surface area contributed by atoms with Crippen molar-refractivity contribution in [3.63, 3.8) is 0 Å². The van der Waals surface area contributed by atoms with Gasteiger partial charge in [-0.15, -0.1) is 0 Å². The van der Waals surface area contributed by atoms with Crippen molar-refractivity contribution in [1.82, 2.24) is 9.88 Å². The Morgan fingerprint density at radius 1 is 1.43 bits per heavy atom. The Labute approximate surface area is 125 Å². The maximum atomic E-state index is 12.7. The van der Waals surface area contributed by atoms with Gasteiger partial charge in [0.25, 0.3) is 5.91 Å². The molecule has 0 unspecified atom stereocenters. The van der Waals surface area contributed by atoms with Gasteiger partial charge in [-0.05, 0) is 31.4 Å². The van der Waals surface area contributed by atoms with Crippen LogP contribution in [0, 0.1) is 5.92 Å². The first-order valence-corrected chi connectivity index (χ1v) is 7.69. The van der Waals surface area contributed by atoms with E-state index in [-0.39, 0.29) is 5.91 Å². The van der Waals surface area contributed by atoms with Crippen LogP contribution in [0.1, 0.15) is 29.6 Å². The number of pyridine rings is 1. The molecule has 1 aromatic heterocycles. The number of likely N-dealkylation sites (tertiary alicyclic amines) is 1. The normalized spacial score (nSPS) is 25.3. The quantitative estimate of drug-likeness (QED) is 0.832. The van der Waals surface area contributed by atoms with Crippen LogP contribution in [0.15, 0.2) is 18.3 Å². The number of anilines is 1. The molecule has 114 valence electrons. The molecule has 5 nitrogen and oxygen atoms in total. The second-order valence-corrected chi connectivity index (χ2v) is 6.15. The molecule has 0 N–H and O–H groups in total. The summed E-state index contributed by atoms with van der Waals surface area (Å²) in [5.74, 6) is 1.44. The van der Waals surface area contributed by atoms with E-state index in [1.165, 1.54) is 6.42 Å². The molecular weight excluding hydrogens is 266 g/mol. The third kappa shape index (κ3) is 3.02. The summed E-state index contributed by atoms with van der Waals surface area (Å²) in [5.41, 5.74) is 0.726. The molecule has 0 aromatic carbocycles. The Bertz CT molecular complexity index is 518. The van der Waals surface area contributed by atoms with Gasteiger partial charge in [0, 0.05) is 51.5 Å². The van der Waals surface area contributed by atoms with Crippen molar-refractivity contribution in [3.05, 3.63) is 23.9 Å². The number of hydrogen-bond acceptors (Lipinski definition) is 4. The summed E-state index contributed by atoms with van der Waals surface area (Å²) in [5, 5.41) is 0. The highest BCUT2D eigenvalue weighted by atomic mass is 16.5. The number of ether oxygens (including phenoxy) is 1. The first kappa shape index (κ1) is 14.3. The van der Waals surface area contributed by atoms with E-state index in [0.717, 1.165) is 43.9 Å². The van der Waals surface area contributed by atoms with Gasteiger partial charge in [-0.3, -0.25) is 4.79 Å². The average molecular weight is 289 g/mol. The van der Waals surface area contributed by atoms with E-state index in [4.69, 9.17) is 4.74 Å². The largest absolute Gasteiger partial charge is 0.378 e. The summed E-state index contributed by atoms with van der Waals surface area (Å²) in [6.45, 7) is 2.49. The van der Waals surface area contributed by atoms with Crippen LogP contribution < -0.4 is 4.90 Å². The lowest BCUT2D eigenvalue weighted by Gasteiger charge is -2.41. The van der Waals surface area contributed by atoms with Crippen molar-refractivity contribution in [2.24, 2.45) is 5.92 Å². The number of carbonyl (C=O) groups is 1. The number of piperidine rings is 1. The highest BCUT2D eigenvalue weighted by Gasteiger charge is 2.34. The predicted octanol–water partition coefficient (Wildman–Crippen LogP) is 1.79. The summed E-state index contributed by atoms with van der Waals surface area (Å²) in [7, 11) is 3.86. The zero-order valence-corrected chi connectivity index (χ0v) is 12.8. The number of amides is 1. The monoisotopic (exact) mass is 289 g/mol. The van der Waals surface area contributed by atoms with Crippen LogP contribution in [0.25, 0.3) is 0 Å². The maximum absolute atomic E-state index is 12.7. The molecule has 0 radical (unpaired) electrons. The van der Waals surface area contributed by atoms with Crippen molar-refractivity contribution in [1.29, 1.82) is 0 Å². The molecule has 0 saturated carbocycles. The second kappa shape index (κ2) is 6.02. The molecule has 0 aliphatic carbocycles. The molecule has 1 aromatic rings. The fraction of sp³-hybridized carbons (Fsp3) is 0.625. The van der Waals surface area contributed by atoms with E-state index in [9.17, 15) is 4.79 Å². The van der Waals surface area contributed by atoms with Crippen molar-refractivity contribution >= 4 is 11.7 Å². The first-order valence-electron chi connectivity index (χ1n) is 7.69. The SMILES string of the molecule is CN(C)c1cc(C(=O)N2CC[C@H]3OCCC[C@@H]3C2)ccn1. The van der Waals surface area contributed by atoms with Gasteiger partial charge in [-0.2, -0.15) is 0 Å². The standard InChI is InChI=1S/C16H23N3O2/c1-18(2)15-10-12(5-7-17-15)16(20)19-8-6-14-13(11-19)4-3-9-21-14/h5,7,10,13-14H,3-4,6,8-9,11H2,1-2H3/t13-,14-/m1/s1. The van der Waals surface area contributed by atoms with Gasteiger partial charge in [0.05, 0.1) is 6.10 Å². The van der Waals surface area contributed by atoms with Crippen molar-refractivity contribution in [3.8, 4) is 0 Å². The van der Waals surface area contributed by atoms with Crippen LogP contribution in [0.4, 0.5) is 5.82 Å². The Morgan fingerprint density at radius 2 is 2.29 bits per heavy atom. The molecule has 5 heteroatoms. The van der Waals surface area contributed by atoms with Gasteiger partial charge in [0.2, 0.25) is 0 Å². The molecule has 0 spiro atoms. The van der Waals surface area contributed by atoms with E-state index >= 15 is 0 Å². The Morgan fingerprint density at radius 3 is 3.10 bits per heavy atom. The first-order chi connectivity index (χ1) is 10.1. The van der Waals surface area contributed by atoms with E-state index in [2.05, 4.69) is 4.98 Å².